The standard InChI is InChI=1S/C66H125NO5/c1-3-5-7-9-11-13-15-17-19-20-21-22-24-27-31-34-38-42-46-50-54-58-64(69)63(62-68)67-65(70)59-55-51-47-43-39-35-32-28-25-23-26-29-33-37-41-45-49-53-57-61-72-66(71)60-56-52-48-44-40-36-30-18-16-14-12-10-8-6-4-2/h29,33,37,41,54,58,63-64,68-69H,3-28,30-32,34-36,38-40,42-53,55-57,59-62H2,1-2H3,(H,67,70)/b33-29-,41-37-,58-54+. The van der Waals surface area contributed by atoms with Gasteiger partial charge in [0, 0.05) is 12.8 Å². The molecule has 72 heavy (non-hydrogen) atoms. The van der Waals surface area contributed by atoms with Gasteiger partial charge in [-0.1, -0.05) is 307 Å². The molecule has 3 N–H and O–H groups in total. The number of carbonyl (C=O) groups excluding carboxylic acids is 2. The molecule has 0 rings (SSSR count). The molecule has 0 aromatic heterocycles. The number of carbonyl (C=O) groups is 2. The molecule has 0 spiro atoms. The van der Waals surface area contributed by atoms with Crippen LogP contribution in [0.15, 0.2) is 36.5 Å². The lowest BCUT2D eigenvalue weighted by atomic mass is 10.0. The zero-order chi connectivity index (χ0) is 52.2. The second-order valence-corrected chi connectivity index (χ2v) is 22.1. The molecule has 6 nitrogen and oxygen atoms in total. The summed E-state index contributed by atoms with van der Waals surface area (Å²) in [6.45, 7) is 4.89. The Morgan fingerprint density at radius 2 is 0.681 bits per heavy atom. The minimum absolute atomic E-state index is 0.0109. The number of nitrogens with one attached hydrogen (secondary N) is 1. The number of ether oxygens (including phenoxy) is 1. The van der Waals surface area contributed by atoms with E-state index in [9.17, 15) is 19.8 Å². The van der Waals surface area contributed by atoms with E-state index in [0.29, 0.717) is 19.4 Å². The Bertz CT molecular complexity index is 1170. The Balaban J connectivity index is 3.49. The number of aliphatic hydroxyl groups is 2. The highest BCUT2D eigenvalue weighted by Gasteiger charge is 2.18. The van der Waals surface area contributed by atoms with Crippen molar-refractivity contribution in [2.45, 2.75) is 360 Å². The average Bonchev–Trinajstić information content (AvgIpc) is 3.38. The number of hydrogen-bond donors (Lipinski definition) is 3. The molecule has 424 valence electrons. The molecule has 0 aromatic rings. The summed E-state index contributed by atoms with van der Waals surface area (Å²) in [4.78, 5) is 24.6. The predicted molar refractivity (Wildman–Crippen MR) is 315 cm³/mol. The number of amides is 1. The van der Waals surface area contributed by atoms with Crippen LogP contribution in [-0.4, -0.2) is 47.4 Å². The van der Waals surface area contributed by atoms with Crippen LogP contribution in [0.3, 0.4) is 0 Å². The van der Waals surface area contributed by atoms with Gasteiger partial charge >= 0.3 is 5.97 Å². The summed E-state index contributed by atoms with van der Waals surface area (Å²) in [5.74, 6) is -0.0859. The van der Waals surface area contributed by atoms with Gasteiger partial charge in [-0.3, -0.25) is 9.59 Å². The number of hydrogen-bond acceptors (Lipinski definition) is 5. The number of aliphatic hydroxyl groups excluding tert-OH is 2. The summed E-state index contributed by atoms with van der Waals surface area (Å²) < 4.78 is 5.46. The van der Waals surface area contributed by atoms with Crippen molar-refractivity contribution in [1.82, 2.24) is 5.32 Å². The molecule has 2 unspecified atom stereocenters. The van der Waals surface area contributed by atoms with Gasteiger partial charge in [0.25, 0.3) is 0 Å². The fourth-order valence-corrected chi connectivity index (χ4v) is 9.98. The normalized spacial score (nSPS) is 12.8. The fraction of sp³-hybridized carbons (Fsp3) is 0.879. The van der Waals surface area contributed by atoms with Crippen molar-refractivity contribution in [1.29, 1.82) is 0 Å². The second-order valence-electron chi connectivity index (χ2n) is 22.1. The molecule has 0 aliphatic heterocycles. The van der Waals surface area contributed by atoms with Gasteiger partial charge in [0.15, 0.2) is 0 Å². The largest absolute Gasteiger partial charge is 0.466 e. The Labute approximate surface area is 449 Å². The molecule has 0 saturated heterocycles. The summed E-state index contributed by atoms with van der Waals surface area (Å²) >= 11 is 0. The monoisotopic (exact) mass is 1010 g/mol. The van der Waals surface area contributed by atoms with Gasteiger partial charge in [-0.25, -0.2) is 0 Å². The summed E-state index contributed by atoms with van der Waals surface area (Å²) in [5.41, 5.74) is 0. The van der Waals surface area contributed by atoms with E-state index in [1.165, 1.54) is 244 Å². The minimum Gasteiger partial charge on any atom is -0.466 e. The van der Waals surface area contributed by atoms with Gasteiger partial charge in [0.2, 0.25) is 5.91 Å². The second kappa shape index (κ2) is 61.6. The van der Waals surface area contributed by atoms with Crippen LogP contribution in [0.2, 0.25) is 0 Å². The van der Waals surface area contributed by atoms with Crippen molar-refractivity contribution in [3.8, 4) is 0 Å². The molecular weight excluding hydrogens is 887 g/mol. The van der Waals surface area contributed by atoms with Crippen molar-refractivity contribution in [2.75, 3.05) is 13.2 Å². The molecule has 0 saturated carbocycles. The summed E-state index contributed by atoms with van der Waals surface area (Å²) in [5, 5.41) is 23.2. The number of unbranched alkanes of at least 4 members (excludes halogenated alkanes) is 46. The highest BCUT2D eigenvalue weighted by atomic mass is 16.5. The SMILES string of the molecule is CCCCCCCCCCCCCCCCCCCCC/C=C/C(O)C(CO)NC(=O)CCCCCCCCCCCC/C=C\C=C/CCCCCOC(=O)CCCCCCCCCCCCCCCCC. The van der Waals surface area contributed by atoms with Crippen LogP contribution in [0.5, 0.6) is 0 Å². The van der Waals surface area contributed by atoms with E-state index in [2.05, 4.69) is 43.5 Å². The van der Waals surface area contributed by atoms with Crippen molar-refractivity contribution in [2.24, 2.45) is 0 Å². The molecule has 2 atom stereocenters. The maximum atomic E-state index is 12.5. The summed E-state index contributed by atoms with van der Waals surface area (Å²) in [7, 11) is 0. The van der Waals surface area contributed by atoms with Gasteiger partial charge in [-0.05, 0) is 64.2 Å². The topological polar surface area (TPSA) is 95.9 Å². The van der Waals surface area contributed by atoms with E-state index in [1.807, 2.05) is 6.08 Å². The average molecular weight is 1010 g/mol. The lowest BCUT2D eigenvalue weighted by molar-refractivity contribution is -0.143. The van der Waals surface area contributed by atoms with Gasteiger partial charge in [0.05, 0.1) is 25.4 Å². The molecule has 0 aliphatic rings. The van der Waals surface area contributed by atoms with Gasteiger partial charge in [-0.15, -0.1) is 0 Å². The van der Waals surface area contributed by atoms with Crippen molar-refractivity contribution in [3.05, 3.63) is 36.5 Å². The summed E-state index contributed by atoms with van der Waals surface area (Å²) in [6.07, 6.45) is 77.6. The van der Waals surface area contributed by atoms with E-state index in [0.717, 1.165) is 77.0 Å². The molecule has 0 aliphatic carbocycles. The lowest BCUT2D eigenvalue weighted by Gasteiger charge is -2.20. The van der Waals surface area contributed by atoms with Crippen molar-refractivity contribution in [3.63, 3.8) is 0 Å². The first-order chi connectivity index (χ1) is 35.5. The van der Waals surface area contributed by atoms with E-state index in [4.69, 9.17) is 4.74 Å². The molecule has 0 aromatic carbocycles. The van der Waals surface area contributed by atoms with Crippen molar-refractivity contribution < 1.29 is 24.5 Å². The number of esters is 1. The molecule has 1 amide bonds. The molecular formula is C66H125NO5. The Morgan fingerprint density at radius 3 is 1.03 bits per heavy atom. The van der Waals surface area contributed by atoms with Crippen molar-refractivity contribution >= 4 is 11.9 Å². The fourth-order valence-electron chi connectivity index (χ4n) is 9.98. The van der Waals surface area contributed by atoms with Crippen LogP contribution in [0.25, 0.3) is 0 Å². The van der Waals surface area contributed by atoms with Gasteiger partial charge in [-0.2, -0.15) is 0 Å². The zero-order valence-corrected chi connectivity index (χ0v) is 48.4. The number of rotatable bonds is 60. The highest BCUT2D eigenvalue weighted by Crippen LogP contribution is 2.18. The first-order valence-corrected chi connectivity index (χ1v) is 32.3. The van der Waals surface area contributed by atoms with Crippen LogP contribution in [0.4, 0.5) is 0 Å². The van der Waals surface area contributed by atoms with E-state index in [-0.39, 0.29) is 18.5 Å². The molecule has 0 heterocycles. The lowest BCUT2D eigenvalue weighted by Crippen LogP contribution is -2.45. The molecule has 0 fully saturated rings. The Morgan fingerprint density at radius 1 is 0.389 bits per heavy atom. The molecule has 0 bridgehead atoms. The third kappa shape index (κ3) is 57.4. The maximum absolute atomic E-state index is 12.5. The van der Waals surface area contributed by atoms with E-state index in [1.54, 1.807) is 6.08 Å². The van der Waals surface area contributed by atoms with Crippen LogP contribution < -0.4 is 5.32 Å². The smallest absolute Gasteiger partial charge is 0.305 e. The maximum Gasteiger partial charge on any atom is 0.305 e. The van der Waals surface area contributed by atoms with Gasteiger partial charge in [0.1, 0.15) is 0 Å². The highest BCUT2D eigenvalue weighted by molar-refractivity contribution is 5.76. The van der Waals surface area contributed by atoms with Crippen LogP contribution >= 0.6 is 0 Å². The summed E-state index contributed by atoms with van der Waals surface area (Å²) in [6, 6.07) is -0.637. The molecule has 6 heteroatoms. The first-order valence-electron chi connectivity index (χ1n) is 32.3. The van der Waals surface area contributed by atoms with E-state index >= 15 is 0 Å². The number of allylic oxidation sites excluding steroid dienone is 5. The van der Waals surface area contributed by atoms with Gasteiger partial charge < -0.3 is 20.3 Å². The first kappa shape index (κ1) is 70.1. The zero-order valence-electron chi connectivity index (χ0n) is 48.4. The third-order valence-corrected chi connectivity index (χ3v) is 14.9. The van der Waals surface area contributed by atoms with Crippen LogP contribution in [0.1, 0.15) is 348 Å². The predicted octanol–water partition coefficient (Wildman–Crippen LogP) is 20.4. The quantitative estimate of drug-likeness (QED) is 0.0244. The van der Waals surface area contributed by atoms with Crippen LogP contribution in [0, 0.1) is 0 Å². The third-order valence-electron chi connectivity index (χ3n) is 14.9. The minimum atomic E-state index is -0.852. The van der Waals surface area contributed by atoms with Crippen LogP contribution in [-0.2, 0) is 14.3 Å². The van der Waals surface area contributed by atoms with E-state index < -0.39 is 12.1 Å². The Hall–Kier alpha value is -1.92. The molecule has 0 radical (unpaired) electrons. The Kier molecular flexibility index (Phi) is 60.0.